The molecule has 0 spiro atoms. The molecule has 0 heterocycles. The summed E-state index contributed by atoms with van der Waals surface area (Å²) in [5.41, 5.74) is -0.357. The SMILES string of the molecule is [B]C(C)(CC)CC(C)(CC)CNC(=O)c1ccc(C(=O)NCC)c(O)c1O. The molecule has 27 heavy (non-hydrogen) atoms. The molecule has 0 saturated heterocycles. The van der Waals surface area contributed by atoms with Crippen LogP contribution in [0.2, 0.25) is 5.31 Å². The Bertz CT molecular complexity index is 691. The molecule has 2 amide bonds. The molecule has 0 aliphatic heterocycles. The van der Waals surface area contributed by atoms with Gasteiger partial charge in [0.2, 0.25) is 0 Å². The van der Waals surface area contributed by atoms with E-state index in [9.17, 15) is 19.8 Å². The molecule has 1 rings (SSSR count). The standard InChI is InChI=1S/C20H31BN2O4/c1-6-19(4,11-20(5,21)7-2)12-23-18(27)14-10-9-13(15(24)16(14)25)17(26)22-8-3/h9-10,24-25H,6-8,11-12H2,1-5H3,(H,22,26)(H,23,27). The second-order valence-corrected chi connectivity index (χ2v) is 7.75. The first kappa shape index (κ1) is 22.9. The Hall–Kier alpha value is -2.18. The first-order chi connectivity index (χ1) is 12.5. The highest BCUT2D eigenvalue weighted by Gasteiger charge is 2.31. The van der Waals surface area contributed by atoms with Crippen LogP contribution >= 0.6 is 0 Å². The maximum absolute atomic E-state index is 12.5. The van der Waals surface area contributed by atoms with E-state index in [4.69, 9.17) is 7.85 Å². The van der Waals surface area contributed by atoms with Crippen molar-refractivity contribution in [1.29, 1.82) is 0 Å². The summed E-state index contributed by atoms with van der Waals surface area (Å²) in [4.78, 5) is 24.4. The summed E-state index contributed by atoms with van der Waals surface area (Å²) in [5.74, 6) is -2.24. The minimum atomic E-state index is -0.605. The van der Waals surface area contributed by atoms with Crippen molar-refractivity contribution in [2.24, 2.45) is 5.41 Å². The summed E-state index contributed by atoms with van der Waals surface area (Å²) in [6.45, 7) is 10.6. The third-order valence-electron chi connectivity index (χ3n) is 5.15. The topological polar surface area (TPSA) is 98.7 Å². The van der Waals surface area contributed by atoms with Gasteiger partial charge in [-0.05, 0) is 37.3 Å². The highest BCUT2D eigenvalue weighted by molar-refractivity contribution is 6.14. The van der Waals surface area contributed by atoms with Gasteiger partial charge in [0.05, 0.1) is 19.0 Å². The highest BCUT2D eigenvalue weighted by Crippen LogP contribution is 2.41. The summed E-state index contributed by atoms with van der Waals surface area (Å²) in [6, 6.07) is 2.65. The molecule has 1 aromatic rings. The van der Waals surface area contributed by atoms with Crippen molar-refractivity contribution in [2.75, 3.05) is 13.1 Å². The molecule has 0 aliphatic carbocycles. The number of hydrogen-bond donors (Lipinski definition) is 4. The first-order valence-corrected chi connectivity index (χ1v) is 9.40. The van der Waals surface area contributed by atoms with Gasteiger partial charge in [0, 0.05) is 13.1 Å². The third kappa shape index (κ3) is 5.91. The Kier molecular flexibility index (Phi) is 7.75. The summed E-state index contributed by atoms with van der Waals surface area (Å²) in [7, 11) is 6.29. The van der Waals surface area contributed by atoms with E-state index in [2.05, 4.69) is 17.6 Å². The highest BCUT2D eigenvalue weighted by atomic mass is 16.3. The fourth-order valence-corrected chi connectivity index (χ4v) is 3.00. The van der Waals surface area contributed by atoms with Gasteiger partial charge in [-0.1, -0.05) is 39.4 Å². The van der Waals surface area contributed by atoms with E-state index in [0.29, 0.717) is 13.1 Å². The lowest BCUT2D eigenvalue weighted by molar-refractivity contribution is 0.0916. The molecule has 148 valence electrons. The van der Waals surface area contributed by atoms with Gasteiger partial charge >= 0.3 is 0 Å². The van der Waals surface area contributed by atoms with Gasteiger partial charge < -0.3 is 20.8 Å². The number of amides is 2. The van der Waals surface area contributed by atoms with E-state index in [1.807, 2.05) is 20.8 Å². The minimum absolute atomic E-state index is 0.0776. The zero-order valence-electron chi connectivity index (χ0n) is 17.0. The van der Waals surface area contributed by atoms with Gasteiger partial charge in [-0.3, -0.25) is 9.59 Å². The van der Waals surface area contributed by atoms with Crippen molar-refractivity contribution in [1.82, 2.24) is 10.6 Å². The van der Waals surface area contributed by atoms with Crippen molar-refractivity contribution in [3.8, 4) is 11.5 Å². The van der Waals surface area contributed by atoms with Gasteiger partial charge in [0.25, 0.3) is 11.8 Å². The van der Waals surface area contributed by atoms with Crippen LogP contribution in [0.15, 0.2) is 12.1 Å². The first-order valence-electron chi connectivity index (χ1n) is 9.40. The van der Waals surface area contributed by atoms with Crippen molar-refractivity contribution in [2.45, 2.75) is 59.2 Å². The number of hydrogen-bond acceptors (Lipinski definition) is 4. The number of aromatic hydroxyl groups is 2. The van der Waals surface area contributed by atoms with Gasteiger partial charge in [-0.15, -0.1) is 0 Å². The van der Waals surface area contributed by atoms with Gasteiger partial charge in [-0.25, -0.2) is 0 Å². The quantitative estimate of drug-likeness (QED) is 0.394. The third-order valence-corrected chi connectivity index (χ3v) is 5.15. The van der Waals surface area contributed by atoms with E-state index in [1.165, 1.54) is 12.1 Å². The zero-order valence-corrected chi connectivity index (χ0v) is 17.0. The Balaban J connectivity index is 2.94. The molecule has 0 fully saturated rings. The van der Waals surface area contributed by atoms with E-state index in [-0.39, 0.29) is 21.9 Å². The maximum atomic E-state index is 12.5. The number of phenolic OH excluding ortho intramolecular Hbond substituents is 2. The van der Waals surface area contributed by atoms with Crippen LogP contribution in [0.4, 0.5) is 0 Å². The smallest absolute Gasteiger partial charge is 0.255 e. The van der Waals surface area contributed by atoms with Crippen molar-refractivity contribution >= 4 is 19.7 Å². The fourth-order valence-electron chi connectivity index (χ4n) is 3.00. The number of nitrogens with one attached hydrogen (secondary N) is 2. The molecular formula is C20H31BN2O4. The van der Waals surface area contributed by atoms with Crippen LogP contribution in [0.1, 0.15) is 74.6 Å². The van der Waals surface area contributed by atoms with E-state index < -0.39 is 23.3 Å². The Morgan fingerprint density at radius 1 is 0.963 bits per heavy atom. The van der Waals surface area contributed by atoms with Crippen LogP contribution in [0.5, 0.6) is 11.5 Å². The summed E-state index contributed by atoms with van der Waals surface area (Å²) in [6.07, 6.45) is 2.39. The van der Waals surface area contributed by atoms with E-state index in [0.717, 1.165) is 19.3 Å². The van der Waals surface area contributed by atoms with Crippen LogP contribution in [-0.2, 0) is 0 Å². The summed E-state index contributed by atoms with van der Waals surface area (Å²) < 4.78 is 0. The maximum Gasteiger partial charge on any atom is 0.255 e. The van der Waals surface area contributed by atoms with Crippen molar-refractivity contribution < 1.29 is 19.8 Å². The molecule has 6 nitrogen and oxygen atoms in total. The summed E-state index contributed by atoms with van der Waals surface area (Å²) in [5, 5.41) is 25.3. The molecule has 4 N–H and O–H groups in total. The largest absolute Gasteiger partial charge is 0.504 e. The number of carbonyl (C=O) groups is 2. The van der Waals surface area contributed by atoms with Crippen LogP contribution < -0.4 is 10.6 Å². The van der Waals surface area contributed by atoms with E-state index >= 15 is 0 Å². The molecule has 7 heteroatoms. The lowest BCUT2D eigenvalue weighted by atomic mass is 9.59. The predicted molar refractivity (Wildman–Crippen MR) is 108 cm³/mol. The normalized spacial score (nSPS) is 15.4. The van der Waals surface area contributed by atoms with E-state index in [1.54, 1.807) is 6.92 Å². The average molecular weight is 374 g/mol. The second kappa shape index (κ2) is 9.15. The molecule has 2 unspecified atom stereocenters. The number of carbonyl (C=O) groups excluding carboxylic acids is 2. The lowest BCUT2D eigenvalue weighted by Crippen LogP contribution is -2.37. The molecule has 2 radical (unpaired) electrons. The Labute approximate surface area is 163 Å². The Morgan fingerprint density at radius 2 is 1.44 bits per heavy atom. The number of rotatable bonds is 9. The van der Waals surface area contributed by atoms with Crippen molar-refractivity contribution in [3.05, 3.63) is 23.3 Å². The molecule has 0 saturated carbocycles. The van der Waals surface area contributed by atoms with Crippen LogP contribution in [0.3, 0.4) is 0 Å². The zero-order chi connectivity index (χ0) is 20.8. The molecule has 0 bridgehead atoms. The fraction of sp³-hybridized carbons (Fsp3) is 0.600. The summed E-state index contributed by atoms with van der Waals surface area (Å²) >= 11 is 0. The number of benzene rings is 1. The van der Waals surface area contributed by atoms with Crippen LogP contribution in [0.25, 0.3) is 0 Å². The molecular weight excluding hydrogens is 343 g/mol. The average Bonchev–Trinajstić information content (AvgIpc) is 2.61. The molecule has 0 aliphatic rings. The van der Waals surface area contributed by atoms with Crippen LogP contribution in [-0.4, -0.2) is 43.0 Å². The van der Waals surface area contributed by atoms with Crippen molar-refractivity contribution in [3.63, 3.8) is 0 Å². The molecule has 2 atom stereocenters. The van der Waals surface area contributed by atoms with Crippen LogP contribution in [0, 0.1) is 5.41 Å². The number of phenols is 2. The monoisotopic (exact) mass is 374 g/mol. The van der Waals surface area contributed by atoms with Gasteiger partial charge in [-0.2, -0.15) is 0 Å². The lowest BCUT2D eigenvalue weighted by Gasteiger charge is -2.37. The molecule has 1 aromatic carbocycles. The van der Waals surface area contributed by atoms with Gasteiger partial charge in [0.15, 0.2) is 11.5 Å². The predicted octanol–water partition coefficient (Wildman–Crippen LogP) is 3.14. The molecule has 0 aromatic heterocycles. The second-order valence-electron chi connectivity index (χ2n) is 7.75. The van der Waals surface area contributed by atoms with Gasteiger partial charge in [0.1, 0.15) is 0 Å². The minimum Gasteiger partial charge on any atom is -0.504 e. The Morgan fingerprint density at radius 3 is 1.85 bits per heavy atom.